The fourth-order valence-electron chi connectivity index (χ4n) is 2.33. The molecule has 0 saturated carbocycles. The van der Waals surface area contributed by atoms with Gasteiger partial charge in [0.05, 0.1) is 0 Å². The SMILES string of the molecule is C[C@@H]1CN(C(=O)CCn2cccn2)C[C@@H](C)N1. The van der Waals surface area contributed by atoms with Gasteiger partial charge in [-0.2, -0.15) is 5.10 Å². The summed E-state index contributed by atoms with van der Waals surface area (Å²) in [6.45, 7) is 6.51. The van der Waals surface area contributed by atoms with Crippen molar-refractivity contribution < 1.29 is 4.79 Å². The van der Waals surface area contributed by atoms with E-state index in [1.54, 1.807) is 10.9 Å². The smallest absolute Gasteiger partial charge is 0.224 e. The van der Waals surface area contributed by atoms with Crippen LogP contribution in [0.2, 0.25) is 0 Å². The molecule has 2 heterocycles. The summed E-state index contributed by atoms with van der Waals surface area (Å²) in [7, 11) is 0. The van der Waals surface area contributed by atoms with Gasteiger partial charge in [0, 0.05) is 50.5 Å². The molecule has 0 unspecified atom stereocenters. The lowest BCUT2D eigenvalue weighted by Gasteiger charge is -2.36. The molecule has 0 radical (unpaired) electrons. The predicted molar refractivity (Wildman–Crippen MR) is 65.5 cm³/mol. The highest BCUT2D eigenvalue weighted by Crippen LogP contribution is 2.06. The van der Waals surface area contributed by atoms with Crippen molar-refractivity contribution in [2.75, 3.05) is 13.1 Å². The van der Waals surface area contributed by atoms with Crippen LogP contribution in [0.4, 0.5) is 0 Å². The van der Waals surface area contributed by atoms with Gasteiger partial charge >= 0.3 is 0 Å². The van der Waals surface area contributed by atoms with Crippen LogP contribution < -0.4 is 5.32 Å². The van der Waals surface area contributed by atoms with Crippen molar-refractivity contribution in [2.24, 2.45) is 0 Å². The first-order chi connectivity index (χ1) is 8.15. The van der Waals surface area contributed by atoms with Gasteiger partial charge in [-0.3, -0.25) is 9.48 Å². The molecule has 17 heavy (non-hydrogen) atoms. The van der Waals surface area contributed by atoms with Crippen LogP contribution in [0, 0.1) is 0 Å². The van der Waals surface area contributed by atoms with Gasteiger partial charge < -0.3 is 10.2 Å². The van der Waals surface area contributed by atoms with Crippen molar-refractivity contribution >= 4 is 5.91 Å². The van der Waals surface area contributed by atoms with Crippen LogP contribution in [-0.4, -0.2) is 45.8 Å². The number of hydrogen-bond acceptors (Lipinski definition) is 3. The van der Waals surface area contributed by atoms with Crippen molar-refractivity contribution in [3.05, 3.63) is 18.5 Å². The van der Waals surface area contributed by atoms with Gasteiger partial charge in [-0.1, -0.05) is 0 Å². The van der Waals surface area contributed by atoms with Crippen LogP contribution >= 0.6 is 0 Å². The minimum Gasteiger partial charge on any atom is -0.340 e. The number of aryl methyl sites for hydroxylation is 1. The Morgan fingerprint density at radius 1 is 1.41 bits per heavy atom. The molecule has 2 rings (SSSR count). The topological polar surface area (TPSA) is 50.2 Å². The van der Waals surface area contributed by atoms with Gasteiger partial charge in [-0.25, -0.2) is 0 Å². The van der Waals surface area contributed by atoms with Crippen LogP contribution in [0.3, 0.4) is 0 Å². The number of nitrogens with one attached hydrogen (secondary N) is 1. The number of nitrogens with zero attached hydrogens (tertiary/aromatic N) is 3. The first-order valence-electron chi connectivity index (χ1n) is 6.16. The lowest BCUT2D eigenvalue weighted by atomic mass is 10.1. The Morgan fingerprint density at radius 2 is 2.12 bits per heavy atom. The molecule has 94 valence electrons. The Bertz CT molecular complexity index is 353. The van der Waals surface area contributed by atoms with E-state index >= 15 is 0 Å². The highest BCUT2D eigenvalue weighted by Gasteiger charge is 2.24. The van der Waals surface area contributed by atoms with E-state index in [9.17, 15) is 4.79 Å². The van der Waals surface area contributed by atoms with Gasteiger partial charge in [0.25, 0.3) is 0 Å². The summed E-state index contributed by atoms with van der Waals surface area (Å²) in [5, 5.41) is 7.52. The zero-order valence-electron chi connectivity index (χ0n) is 10.5. The van der Waals surface area contributed by atoms with Gasteiger partial charge in [0.1, 0.15) is 0 Å². The Morgan fingerprint density at radius 3 is 2.71 bits per heavy atom. The maximum absolute atomic E-state index is 12.0. The Balaban J connectivity index is 1.83. The van der Waals surface area contributed by atoms with Gasteiger partial charge in [0.2, 0.25) is 5.91 Å². The Labute approximate surface area is 102 Å². The normalized spacial score (nSPS) is 24.9. The average Bonchev–Trinajstić information content (AvgIpc) is 2.77. The second-order valence-electron chi connectivity index (χ2n) is 4.79. The average molecular weight is 236 g/mol. The van der Waals surface area contributed by atoms with E-state index < -0.39 is 0 Å². The van der Waals surface area contributed by atoms with Crippen LogP contribution in [0.25, 0.3) is 0 Å². The van der Waals surface area contributed by atoms with Crippen molar-refractivity contribution in [2.45, 2.75) is 38.9 Å². The molecular formula is C12H20N4O. The summed E-state index contributed by atoms with van der Waals surface area (Å²) in [6.07, 6.45) is 4.15. The zero-order chi connectivity index (χ0) is 12.3. The molecule has 5 heteroatoms. The number of carbonyl (C=O) groups is 1. The van der Waals surface area contributed by atoms with Gasteiger partial charge in [-0.05, 0) is 19.9 Å². The van der Waals surface area contributed by atoms with Crippen molar-refractivity contribution in [3.8, 4) is 0 Å². The summed E-state index contributed by atoms with van der Waals surface area (Å²) in [6, 6.07) is 2.64. The molecule has 1 amide bonds. The van der Waals surface area contributed by atoms with E-state index in [1.807, 2.05) is 17.2 Å². The first kappa shape index (κ1) is 12.1. The summed E-state index contributed by atoms with van der Waals surface area (Å²) >= 11 is 0. The Kier molecular flexibility index (Phi) is 3.78. The number of amides is 1. The fraction of sp³-hybridized carbons (Fsp3) is 0.667. The summed E-state index contributed by atoms with van der Waals surface area (Å²) in [4.78, 5) is 14.0. The van der Waals surface area contributed by atoms with Crippen LogP contribution in [0.5, 0.6) is 0 Å². The van der Waals surface area contributed by atoms with E-state index in [-0.39, 0.29) is 5.91 Å². The second kappa shape index (κ2) is 5.31. The van der Waals surface area contributed by atoms with Crippen molar-refractivity contribution in [1.82, 2.24) is 20.0 Å². The van der Waals surface area contributed by atoms with Crippen LogP contribution in [0.15, 0.2) is 18.5 Å². The second-order valence-corrected chi connectivity index (χ2v) is 4.79. The van der Waals surface area contributed by atoms with Crippen LogP contribution in [-0.2, 0) is 11.3 Å². The predicted octanol–water partition coefficient (Wildman–Crippen LogP) is 0.482. The van der Waals surface area contributed by atoms with Gasteiger partial charge in [0.15, 0.2) is 0 Å². The van der Waals surface area contributed by atoms with E-state index in [1.165, 1.54) is 0 Å². The van der Waals surface area contributed by atoms with E-state index in [0.717, 1.165) is 13.1 Å². The molecule has 1 aromatic heterocycles. The molecule has 1 aliphatic heterocycles. The summed E-state index contributed by atoms with van der Waals surface area (Å²) in [5.74, 6) is 0.223. The number of piperazine rings is 1. The minimum absolute atomic E-state index is 0.223. The molecule has 0 aliphatic carbocycles. The standard InChI is InChI=1S/C12H20N4O/c1-10-8-15(9-11(2)14-10)12(17)4-7-16-6-3-5-13-16/h3,5-6,10-11,14H,4,7-9H2,1-2H3/t10-,11-/m1/s1. The highest BCUT2D eigenvalue weighted by atomic mass is 16.2. The third-order valence-corrected chi connectivity index (χ3v) is 3.02. The quantitative estimate of drug-likeness (QED) is 0.830. The molecule has 5 nitrogen and oxygen atoms in total. The first-order valence-corrected chi connectivity index (χ1v) is 6.16. The van der Waals surface area contributed by atoms with Crippen LogP contribution in [0.1, 0.15) is 20.3 Å². The van der Waals surface area contributed by atoms with Crippen molar-refractivity contribution in [3.63, 3.8) is 0 Å². The minimum atomic E-state index is 0.223. The zero-order valence-corrected chi connectivity index (χ0v) is 10.5. The highest BCUT2D eigenvalue weighted by molar-refractivity contribution is 5.76. The molecule has 1 N–H and O–H groups in total. The maximum Gasteiger partial charge on any atom is 0.224 e. The summed E-state index contributed by atoms with van der Waals surface area (Å²) < 4.78 is 1.80. The number of hydrogen-bond donors (Lipinski definition) is 1. The van der Waals surface area contributed by atoms with E-state index in [4.69, 9.17) is 0 Å². The number of carbonyl (C=O) groups excluding carboxylic acids is 1. The lowest BCUT2D eigenvalue weighted by molar-refractivity contribution is -0.133. The molecule has 1 saturated heterocycles. The maximum atomic E-state index is 12.0. The monoisotopic (exact) mass is 236 g/mol. The molecule has 0 aromatic carbocycles. The third-order valence-electron chi connectivity index (χ3n) is 3.02. The molecule has 1 fully saturated rings. The molecular weight excluding hydrogens is 216 g/mol. The fourth-order valence-corrected chi connectivity index (χ4v) is 2.33. The Hall–Kier alpha value is -1.36. The van der Waals surface area contributed by atoms with E-state index in [0.29, 0.717) is 25.0 Å². The molecule has 1 aliphatic rings. The molecule has 1 aromatic rings. The lowest BCUT2D eigenvalue weighted by Crippen LogP contribution is -2.55. The molecule has 2 atom stereocenters. The molecule has 0 spiro atoms. The van der Waals surface area contributed by atoms with Crippen molar-refractivity contribution in [1.29, 1.82) is 0 Å². The summed E-state index contributed by atoms with van der Waals surface area (Å²) in [5.41, 5.74) is 0. The number of rotatable bonds is 3. The van der Waals surface area contributed by atoms with E-state index in [2.05, 4.69) is 24.3 Å². The molecule has 0 bridgehead atoms. The largest absolute Gasteiger partial charge is 0.340 e. The van der Waals surface area contributed by atoms with Gasteiger partial charge in [-0.15, -0.1) is 0 Å². The number of aromatic nitrogens is 2. The third kappa shape index (κ3) is 3.30.